The molecule has 0 spiro atoms. The van der Waals surface area contributed by atoms with Crippen molar-refractivity contribution in [3.05, 3.63) is 58.6 Å². The van der Waals surface area contributed by atoms with Gasteiger partial charge in [0.25, 0.3) is 5.91 Å². The van der Waals surface area contributed by atoms with Gasteiger partial charge in [0.05, 0.1) is 5.71 Å². The molecule has 6 heteroatoms. The third-order valence-electron chi connectivity index (χ3n) is 2.80. The lowest BCUT2D eigenvalue weighted by molar-refractivity contribution is 0.0955. The second-order valence-electron chi connectivity index (χ2n) is 4.35. The predicted molar refractivity (Wildman–Crippen MR) is 80.9 cm³/mol. The van der Waals surface area contributed by atoms with Crippen LogP contribution in [0.25, 0.3) is 0 Å². The van der Waals surface area contributed by atoms with Crippen LogP contribution in [-0.4, -0.2) is 21.8 Å². The number of phenols is 2. The second kappa shape index (κ2) is 6.28. The van der Waals surface area contributed by atoms with Crippen molar-refractivity contribution < 1.29 is 15.0 Å². The summed E-state index contributed by atoms with van der Waals surface area (Å²) < 4.78 is 0. The smallest absolute Gasteiger partial charge is 0.271 e. The molecule has 0 unspecified atom stereocenters. The Bertz CT molecular complexity index is 697. The minimum Gasteiger partial charge on any atom is -0.508 e. The van der Waals surface area contributed by atoms with E-state index in [1.54, 1.807) is 31.2 Å². The fourth-order valence-electron chi connectivity index (χ4n) is 1.67. The Hall–Kier alpha value is -2.53. The summed E-state index contributed by atoms with van der Waals surface area (Å²) in [5.41, 5.74) is 3.50. The number of carbonyl (C=O) groups is 1. The minimum atomic E-state index is -0.398. The minimum absolute atomic E-state index is 0.00128. The zero-order valence-corrected chi connectivity index (χ0v) is 11.9. The Labute approximate surface area is 126 Å². The summed E-state index contributed by atoms with van der Waals surface area (Å²) >= 11 is 5.75. The SMILES string of the molecule is C/C(=N/NC(=O)c1ccc(Cl)cc1)c1cc(O)ccc1O. The van der Waals surface area contributed by atoms with Crippen molar-refractivity contribution >= 4 is 23.2 Å². The molecule has 0 aliphatic rings. The van der Waals surface area contributed by atoms with Crippen LogP contribution in [0.1, 0.15) is 22.8 Å². The van der Waals surface area contributed by atoms with Gasteiger partial charge in [0, 0.05) is 16.1 Å². The maximum absolute atomic E-state index is 11.9. The summed E-state index contributed by atoms with van der Waals surface area (Å²) in [6, 6.07) is 10.4. The fraction of sp³-hybridized carbons (Fsp3) is 0.0667. The Morgan fingerprint density at radius 2 is 1.81 bits per heavy atom. The molecular weight excluding hydrogens is 292 g/mol. The first-order valence-corrected chi connectivity index (χ1v) is 6.47. The largest absolute Gasteiger partial charge is 0.508 e. The van der Waals surface area contributed by atoms with Gasteiger partial charge in [0.15, 0.2) is 0 Å². The number of nitrogens with zero attached hydrogens (tertiary/aromatic N) is 1. The Morgan fingerprint density at radius 1 is 1.14 bits per heavy atom. The number of hydrazone groups is 1. The van der Waals surface area contributed by atoms with Gasteiger partial charge in [-0.1, -0.05) is 11.6 Å². The molecule has 0 aliphatic carbocycles. The number of hydrogen-bond donors (Lipinski definition) is 3. The number of phenolic OH excluding ortho intramolecular Hbond substituents is 2. The highest BCUT2D eigenvalue weighted by atomic mass is 35.5. The van der Waals surface area contributed by atoms with E-state index in [9.17, 15) is 15.0 Å². The lowest BCUT2D eigenvalue weighted by Crippen LogP contribution is -2.19. The van der Waals surface area contributed by atoms with Crippen molar-refractivity contribution in [1.82, 2.24) is 5.43 Å². The van der Waals surface area contributed by atoms with Crippen molar-refractivity contribution in [3.63, 3.8) is 0 Å². The van der Waals surface area contributed by atoms with Crippen molar-refractivity contribution in [2.24, 2.45) is 5.10 Å². The van der Waals surface area contributed by atoms with Crippen LogP contribution in [0.15, 0.2) is 47.6 Å². The molecule has 1 amide bonds. The molecule has 2 aromatic carbocycles. The van der Waals surface area contributed by atoms with Gasteiger partial charge in [-0.15, -0.1) is 0 Å². The quantitative estimate of drug-likeness (QED) is 0.463. The molecule has 5 nitrogen and oxygen atoms in total. The lowest BCUT2D eigenvalue weighted by atomic mass is 10.1. The van der Waals surface area contributed by atoms with Crippen molar-refractivity contribution in [1.29, 1.82) is 0 Å². The molecule has 108 valence electrons. The van der Waals surface area contributed by atoms with Gasteiger partial charge in [-0.25, -0.2) is 5.43 Å². The zero-order chi connectivity index (χ0) is 15.4. The van der Waals surface area contributed by atoms with Crippen LogP contribution in [0.5, 0.6) is 11.5 Å². The summed E-state index contributed by atoms with van der Waals surface area (Å²) in [5.74, 6) is -0.429. The molecule has 21 heavy (non-hydrogen) atoms. The standard InChI is InChI=1S/C15H13ClN2O3/c1-9(13-8-12(19)6-7-14(13)20)17-18-15(21)10-2-4-11(16)5-3-10/h2-8,19-20H,1H3,(H,18,21)/b17-9-. The van der Waals surface area contributed by atoms with Gasteiger partial charge in [-0.2, -0.15) is 5.10 Å². The molecule has 0 atom stereocenters. The highest BCUT2D eigenvalue weighted by molar-refractivity contribution is 6.30. The molecule has 0 aliphatic heterocycles. The van der Waals surface area contributed by atoms with Gasteiger partial charge < -0.3 is 10.2 Å². The number of aromatic hydroxyl groups is 2. The Balaban J connectivity index is 2.14. The van der Waals surface area contributed by atoms with E-state index in [0.717, 1.165) is 0 Å². The van der Waals surface area contributed by atoms with E-state index < -0.39 is 5.91 Å². The second-order valence-corrected chi connectivity index (χ2v) is 4.78. The third-order valence-corrected chi connectivity index (χ3v) is 3.05. The monoisotopic (exact) mass is 304 g/mol. The lowest BCUT2D eigenvalue weighted by Gasteiger charge is -2.06. The van der Waals surface area contributed by atoms with Gasteiger partial charge in [-0.05, 0) is 49.4 Å². The summed E-state index contributed by atoms with van der Waals surface area (Å²) in [4.78, 5) is 11.9. The molecule has 3 N–H and O–H groups in total. The van der Waals surface area contributed by atoms with Gasteiger partial charge in [0.2, 0.25) is 0 Å². The number of benzene rings is 2. The molecule has 0 heterocycles. The van der Waals surface area contributed by atoms with E-state index in [2.05, 4.69) is 10.5 Å². The average molecular weight is 305 g/mol. The Morgan fingerprint density at radius 3 is 2.48 bits per heavy atom. The molecule has 0 saturated heterocycles. The van der Waals surface area contributed by atoms with Crippen molar-refractivity contribution in [2.75, 3.05) is 0 Å². The third kappa shape index (κ3) is 3.73. The van der Waals surface area contributed by atoms with E-state index in [1.807, 2.05) is 0 Å². The van der Waals surface area contributed by atoms with Gasteiger partial charge >= 0.3 is 0 Å². The van der Waals surface area contributed by atoms with Crippen LogP contribution >= 0.6 is 11.6 Å². The summed E-state index contributed by atoms with van der Waals surface area (Å²) in [7, 11) is 0. The topological polar surface area (TPSA) is 81.9 Å². The number of amides is 1. The molecular formula is C15H13ClN2O3. The maximum Gasteiger partial charge on any atom is 0.271 e. The molecule has 0 bridgehead atoms. The number of rotatable bonds is 3. The molecule has 2 rings (SSSR count). The van der Waals surface area contributed by atoms with Crippen LogP contribution in [0.2, 0.25) is 5.02 Å². The van der Waals surface area contributed by atoms with E-state index in [4.69, 9.17) is 11.6 Å². The van der Waals surface area contributed by atoms with E-state index in [0.29, 0.717) is 21.9 Å². The van der Waals surface area contributed by atoms with Crippen LogP contribution in [-0.2, 0) is 0 Å². The predicted octanol–water partition coefficient (Wildman–Crippen LogP) is 2.91. The summed E-state index contributed by atoms with van der Waals surface area (Å²) in [5, 5.41) is 23.5. The van der Waals surface area contributed by atoms with Crippen LogP contribution < -0.4 is 5.43 Å². The first-order chi connectivity index (χ1) is 9.97. The fourth-order valence-corrected chi connectivity index (χ4v) is 1.80. The van der Waals surface area contributed by atoms with Crippen molar-refractivity contribution in [2.45, 2.75) is 6.92 Å². The highest BCUT2D eigenvalue weighted by Crippen LogP contribution is 2.22. The van der Waals surface area contributed by atoms with Crippen molar-refractivity contribution in [3.8, 4) is 11.5 Å². The zero-order valence-electron chi connectivity index (χ0n) is 11.2. The normalized spacial score (nSPS) is 11.2. The van der Waals surface area contributed by atoms with Crippen LogP contribution in [0, 0.1) is 0 Å². The van der Waals surface area contributed by atoms with E-state index in [-0.39, 0.29) is 11.5 Å². The number of halogens is 1. The maximum atomic E-state index is 11.9. The molecule has 2 aromatic rings. The summed E-state index contributed by atoms with van der Waals surface area (Å²) in [6.07, 6.45) is 0. The van der Waals surface area contributed by atoms with Crippen LogP contribution in [0.3, 0.4) is 0 Å². The molecule has 0 radical (unpaired) electrons. The summed E-state index contributed by atoms with van der Waals surface area (Å²) in [6.45, 7) is 1.61. The molecule has 0 aromatic heterocycles. The molecule has 0 fully saturated rings. The van der Waals surface area contributed by atoms with Gasteiger partial charge in [-0.3, -0.25) is 4.79 Å². The Kier molecular flexibility index (Phi) is 4.45. The number of carbonyl (C=O) groups excluding carboxylic acids is 1. The first kappa shape index (κ1) is 14.9. The highest BCUT2D eigenvalue weighted by Gasteiger charge is 2.08. The van der Waals surface area contributed by atoms with Gasteiger partial charge in [0.1, 0.15) is 11.5 Å². The van der Waals surface area contributed by atoms with E-state index in [1.165, 1.54) is 18.2 Å². The molecule has 0 saturated carbocycles. The number of nitrogens with one attached hydrogen (secondary N) is 1. The van der Waals surface area contributed by atoms with E-state index >= 15 is 0 Å². The number of hydrogen-bond acceptors (Lipinski definition) is 4. The average Bonchev–Trinajstić information content (AvgIpc) is 2.47. The first-order valence-electron chi connectivity index (χ1n) is 6.10. The van der Waals surface area contributed by atoms with Crippen LogP contribution in [0.4, 0.5) is 0 Å².